The number of nitrogens with zero attached hydrogens (tertiary/aromatic N) is 2. The van der Waals surface area contributed by atoms with Gasteiger partial charge in [-0.25, -0.2) is 9.37 Å². The molecule has 37 heavy (non-hydrogen) atoms. The number of piperidine rings is 1. The highest BCUT2D eigenvalue weighted by atomic mass is 35.5. The van der Waals surface area contributed by atoms with Crippen molar-refractivity contribution in [2.75, 3.05) is 30.7 Å². The van der Waals surface area contributed by atoms with E-state index in [9.17, 15) is 9.18 Å². The maximum absolute atomic E-state index is 14.0. The first-order chi connectivity index (χ1) is 17.7. The summed E-state index contributed by atoms with van der Waals surface area (Å²) in [6, 6.07) is 10.4. The number of nitrogen functional groups attached to an aromatic ring is 1. The number of pyridine rings is 1. The third kappa shape index (κ3) is 4.65. The molecule has 6 nitrogen and oxygen atoms in total. The van der Waals surface area contributed by atoms with E-state index in [4.69, 9.17) is 33.7 Å². The number of nitrogens with one attached hydrogen (secondary N) is 1. The molecule has 5 rings (SSSR count). The number of carbonyl (C=O) groups is 1. The first-order valence-corrected chi connectivity index (χ1v) is 13.2. The summed E-state index contributed by atoms with van der Waals surface area (Å²) < 4.78 is 20.1. The molecule has 0 radical (unpaired) electrons. The third-order valence-electron chi connectivity index (χ3n) is 7.47. The Bertz CT molecular complexity index is 1360. The van der Waals surface area contributed by atoms with Crippen LogP contribution in [-0.2, 0) is 10.2 Å². The van der Waals surface area contributed by atoms with Crippen molar-refractivity contribution < 1.29 is 13.9 Å². The number of hydrogen-bond acceptors (Lipinski definition) is 5. The van der Waals surface area contributed by atoms with E-state index >= 15 is 0 Å². The van der Waals surface area contributed by atoms with Crippen molar-refractivity contribution >= 4 is 40.6 Å². The Balaban J connectivity index is 1.41. The van der Waals surface area contributed by atoms with Crippen molar-refractivity contribution in [1.82, 2.24) is 9.88 Å². The first kappa shape index (κ1) is 25.8. The average molecular weight is 543 g/mol. The lowest BCUT2D eigenvalue weighted by Crippen LogP contribution is -2.46. The van der Waals surface area contributed by atoms with Crippen LogP contribution in [0.15, 0.2) is 42.6 Å². The predicted octanol–water partition coefficient (Wildman–Crippen LogP) is 6.61. The molecule has 1 atom stereocenters. The number of likely N-dealkylation sites (tertiary alicyclic amines) is 1. The van der Waals surface area contributed by atoms with Crippen LogP contribution in [0.2, 0.25) is 10.0 Å². The molecule has 3 N–H and O–H groups in total. The summed E-state index contributed by atoms with van der Waals surface area (Å²) in [4.78, 5) is 19.9. The van der Waals surface area contributed by atoms with Gasteiger partial charge in [-0.3, -0.25) is 4.79 Å². The van der Waals surface area contributed by atoms with E-state index in [0.29, 0.717) is 16.3 Å². The molecule has 0 unspecified atom stereocenters. The zero-order chi connectivity index (χ0) is 26.3. The van der Waals surface area contributed by atoms with Crippen LogP contribution in [-0.4, -0.2) is 35.4 Å². The molecule has 3 aromatic rings. The molecular formula is C28H29Cl2FN4O2. The number of benzene rings is 2. The van der Waals surface area contributed by atoms with Crippen molar-refractivity contribution in [2.24, 2.45) is 0 Å². The minimum atomic E-state index is -0.673. The van der Waals surface area contributed by atoms with Crippen LogP contribution in [0.5, 0.6) is 5.75 Å². The lowest BCUT2D eigenvalue weighted by molar-refractivity contribution is -0.122. The second kappa shape index (κ2) is 10.1. The number of halogens is 3. The molecule has 1 aromatic heterocycles. The Morgan fingerprint density at radius 1 is 1.19 bits per heavy atom. The lowest BCUT2D eigenvalue weighted by atomic mass is 9.73. The highest BCUT2D eigenvalue weighted by molar-refractivity contribution is 6.36. The highest BCUT2D eigenvalue weighted by Crippen LogP contribution is 2.46. The van der Waals surface area contributed by atoms with Crippen molar-refractivity contribution in [3.8, 4) is 16.9 Å². The maximum atomic E-state index is 14.0. The number of ether oxygens (including phenoxy) is 1. The van der Waals surface area contributed by atoms with Gasteiger partial charge >= 0.3 is 0 Å². The molecule has 1 fully saturated rings. The monoisotopic (exact) mass is 542 g/mol. The minimum Gasteiger partial charge on any atom is -0.482 e. The molecule has 2 aliphatic heterocycles. The number of amides is 1. The molecule has 194 valence electrons. The van der Waals surface area contributed by atoms with Crippen LogP contribution in [0.4, 0.5) is 15.9 Å². The number of carbonyl (C=O) groups excluding carboxylic acids is 1. The van der Waals surface area contributed by atoms with Crippen LogP contribution >= 0.6 is 23.2 Å². The molecule has 3 heterocycles. The molecule has 1 amide bonds. The molecule has 2 aromatic carbocycles. The number of nitrogens with two attached hydrogens (primary N) is 1. The number of rotatable bonds is 6. The Labute approximate surface area is 225 Å². The Hall–Kier alpha value is -2.87. The van der Waals surface area contributed by atoms with Gasteiger partial charge in [-0.15, -0.1) is 0 Å². The van der Waals surface area contributed by atoms with E-state index in [1.807, 2.05) is 18.2 Å². The number of hydrogen-bond donors (Lipinski definition) is 2. The molecule has 1 saturated heterocycles. The van der Waals surface area contributed by atoms with Gasteiger partial charge in [0.2, 0.25) is 5.91 Å². The summed E-state index contributed by atoms with van der Waals surface area (Å²) in [5.74, 6) is 0.00971. The minimum absolute atomic E-state index is 0.0768. The molecule has 0 aliphatic carbocycles. The van der Waals surface area contributed by atoms with Gasteiger partial charge in [0.25, 0.3) is 0 Å². The Kier molecular flexibility index (Phi) is 7.05. The second-order valence-corrected chi connectivity index (χ2v) is 10.5. The predicted molar refractivity (Wildman–Crippen MR) is 146 cm³/mol. The molecule has 0 bridgehead atoms. The third-order valence-corrected chi connectivity index (χ3v) is 8.19. The summed E-state index contributed by atoms with van der Waals surface area (Å²) >= 11 is 12.4. The largest absolute Gasteiger partial charge is 0.482 e. The number of aromatic nitrogens is 1. The van der Waals surface area contributed by atoms with Gasteiger partial charge in [-0.05, 0) is 81.2 Å². The molecular weight excluding hydrogens is 514 g/mol. The van der Waals surface area contributed by atoms with Gasteiger partial charge in [0.1, 0.15) is 11.9 Å². The standard InChI is InChI=1S/C28H29Cl2FN4O2/c1-3-10-35-11-8-28(9-12-35)19-5-4-17(13-22(19)34-27(28)36)18-14-23(26(32)33-15-18)37-16(2)24-20(29)6-7-21(31)25(24)30/h4-7,13-16H,3,8-12H2,1-2H3,(H2,32,33)(H,34,36)/t16-/m1/s1. The van der Waals surface area contributed by atoms with Gasteiger partial charge in [-0.2, -0.15) is 0 Å². The van der Waals surface area contributed by atoms with Crippen LogP contribution in [0.1, 0.15) is 50.3 Å². The van der Waals surface area contributed by atoms with Gasteiger partial charge < -0.3 is 20.7 Å². The van der Waals surface area contributed by atoms with Crippen LogP contribution in [0.3, 0.4) is 0 Å². The number of anilines is 2. The summed E-state index contributed by atoms with van der Waals surface area (Å²) in [6.45, 7) is 6.80. The van der Waals surface area contributed by atoms with Crippen molar-refractivity contribution in [3.63, 3.8) is 0 Å². The van der Waals surface area contributed by atoms with E-state index in [-0.39, 0.29) is 16.7 Å². The van der Waals surface area contributed by atoms with E-state index in [0.717, 1.165) is 61.3 Å². The van der Waals surface area contributed by atoms with Gasteiger partial charge in [0.15, 0.2) is 11.6 Å². The van der Waals surface area contributed by atoms with E-state index in [1.54, 1.807) is 19.2 Å². The normalized spacial score (nSPS) is 17.5. The fraction of sp³-hybridized carbons (Fsp3) is 0.357. The smallest absolute Gasteiger partial charge is 0.235 e. The SMILES string of the molecule is CCCN1CCC2(CC1)C(=O)Nc1cc(-c3cnc(N)c(O[C@H](C)c4c(Cl)ccc(F)c4Cl)c3)ccc12. The van der Waals surface area contributed by atoms with Crippen LogP contribution < -0.4 is 15.8 Å². The zero-order valence-electron chi connectivity index (χ0n) is 20.8. The molecule has 9 heteroatoms. The topological polar surface area (TPSA) is 80.5 Å². The Morgan fingerprint density at radius 3 is 2.68 bits per heavy atom. The first-order valence-electron chi connectivity index (χ1n) is 12.5. The maximum Gasteiger partial charge on any atom is 0.235 e. The molecule has 0 saturated carbocycles. The van der Waals surface area contributed by atoms with Gasteiger partial charge in [0, 0.05) is 28.0 Å². The zero-order valence-corrected chi connectivity index (χ0v) is 22.3. The Morgan fingerprint density at radius 2 is 1.95 bits per heavy atom. The molecule has 1 spiro atoms. The van der Waals surface area contributed by atoms with Gasteiger partial charge in [0.05, 0.1) is 10.4 Å². The second-order valence-electron chi connectivity index (χ2n) is 9.76. The van der Waals surface area contributed by atoms with Crippen molar-refractivity contribution in [2.45, 2.75) is 44.6 Å². The summed E-state index contributed by atoms with van der Waals surface area (Å²) in [6.07, 6.45) is 3.73. The van der Waals surface area contributed by atoms with E-state index in [1.165, 1.54) is 12.1 Å². The average Bonchev–Trinajstić information content (AvgIpc) is 3.14. The summed E-state index contributed by atoms with van der Waals surface area (Å²) in [7, 11) is 0. The van der Waals surface area contributed by atoms with Crippen LogP contribution in [0.25, 0.3) is 11.1 Å². The highest BCUT2D eigenvalue weighted by Gasteiger charge is 2.48. The fourth-order valence-corrected chi connectivity index (χ4v) is 6.13. The summed E-state index contributed by atoms with van der Waals surface area (Å²) in [5.41, 5.74) is 9.49. The van der Waals surface area contributed by atoms with Crippen LogP contribution in [0, 0.1) is 5.82 Å². The van der Waals surface area contributed by atoms with E-state index in [2.05, 4.69) is 22.1 Å². The van der Waals surface area contributed by atoms with Gasteiger partial charge in [-0.1, -0.05) is 42.3 Å². The quantitative estimate of drug-likeness (QED) is 0.342. The van der Waals surface area contributed by atoms with Crippen molar-refractivity contribution in [1.29, 1.82) is 0 Å². The van der Waals surface area contributed by atoms with Crippen molar-refractivity contribution in [3.05, 3.63) is 69.6 Å². The number of fused-ring (bicyclic) bond motifs is 2. The van der Waals surface area contributed by atoms with E-state index < -0.39 is 17.3 Å². The summed E-state index contributed by atoms with van der Waals surface area (Å²) in [5, 5.41) is 3.32. The molecule has 2 aliphatic rings. The fourth-order valence-electron chi connectivity index (χ4n) is 5.45. The lowest BCUT2D eigenvalue weighted by Gasteiger charge is -2.37.